The van der Waals surface area contributed by atoms with E-state index in [1.807, 2.05) is 24.4 Å². The quantitative estimate of drug-likeness (QED) is 0.871. The highest BCUT2D eigenvalue weighted by Gasteiger charge is 2.24. The number of anilines is 2. The van der Waals surface area contributed by atoms with Crippen LogP contribution in [0.2, 0.25) is 5.02 Å². The second-order valence-electron chi connectivity index (χ2n) is 5.34. The van der Waals surface area contributed by atoms with E-state index >= 15 is 0 Å². The summed E-state index contributed by atoms with van der Waals surface area (Å²) in [6.07, 6.45) is 7.56. The number of piperidine rings is 1. The molecule has 0 amide bonds. The minimum atomic E-state index is 0.525. The first kappa shape index (κ1) is 14.1. The van der Waals surface area contributed by atoms with Crippen molar-refractivity contribution < 1.29 is 0 Å². The van der Waals surface area contributed by atoms with Gasteiger partial charge in [-0.3, -0.25) is 4.98 Å². The maximum absolute atomic E-state index is 6.23. The molecule has 0 aliphatic carbocycles. The number of hydrogen-bond donors (Lipinski definition) is 0. The van der Waals surface area contributed by atoms with Crippen LogP contribution in [0.15, 0.2) is 42.9 Å². The van der Waals surface area contributed by atoms with Crippen molar-refractivity contribution in [2.45, 2.75) is 18.9 Å². The van der Waals surface area contributed by atoms with Gasteiger partial charge in [0, 0.05) is 44.8 Å². The van der Waals surface area contributed by atoms with Crippen molar-refractivity contribution in [2.75, 3.05) is 29.9 Å². The number of aromatic nitrogens is 2. The Morgan fingerprint density at radius 3 is 2.67 bits per heavy atom. The Labute approximate surface area is 130 Å². The molecule has 1 aliphatic rings. The van der Waals surface area contributed by atoms with Crippen LogP contribution < -0.4 is 9.80 Å². The maximum Gasteiger partial charge on any atom is 0.128 e. The molecule has 0 unspecified atom stereocenters. The van der Waals surface area contributed by atoms with E-state index in [4.69, 9.17) is 11.6 Å². The second kappa shape index (κ2) is 6.31. The summed E-state index contributed by atoms with van der Waals surface area (Å²) in [6.45, 7) is 2.01. The molecule has 0 spiro atoms. The normalized spacial score (nSPS) is 16.0. The Morgan fingerprint density at radius 2 is 2.00 bits per heavy atom. The minimum absolute atomic E-state index is 0.525. The third-order valence-corrected chi connectivity index (χ3v) is 4.41. The lowest BCUT2D eigenvalue weighted by atomic mass is 10.0. The first-order valence-electron chi connectivity index (χ1n) is 7.24. The summed E-state index contributed by atoms with van der Waals surface area (Å²) in [6, 6.07) is 8.56. The molecule has 3 rings (SSSR count). The lowest BCUT2D eigenvalue weighted by molar-refractivity contribution is 0.480. The van der Waals surface area contributed by atoms with Crippen molar-refractivity contribution in [1.29, 1.82) is 0 Å². The van der Waals surface area contributed by atoms with Crippen LogP contribution in [0.3, 0.4) is 0 Å². The van der Waals surface area contributed by atoms with Crippen LogP contribution in [-0.2, 0) is 0 Å². The van der Waals surface area contributed by atoms with Gasteiger partial charge < -0.3 is 9.80 Å². The van der Waals surface area contributed by atoms with Crippen molar-refractivity contribution in [3.8, 4) is 0 Å². The standard InChI is InChI=1S/C16H19ClN4/c1-20(16-4-2-3-8-19-16)13-6-10-21(11-7-13)15-5-9-18-12-14(15)17/h2-5,8-9,12-13H,6-7,10-11H2,1H3. The molecule has 1 aliphatic heterocycles. The molecule has 0 radical (unpaired) electrons. The predicted octanol–water partition coefficient (Wildman–Crippen LogP) is 3.24. The molecule has 21 heavy (non-hydrogen) atoms. The molecule has 0 atom stereocenters. The van der Waals surface area contributed by atoms with Crippen LogP contribution >= 0.6 is 11.6 Å². The number of pyridine rings is 2. The van der Waals surface area contributed by atoms with E-state index in [0.717, 1.165) is 42.5 Å². The number of rotatable bonds is 3. The molecule has 0 N–H and O–H groups in total. The van der Waals surface area contributed by atoms with Crippen LogP contribution in [0.1, 0.15) is 12.8 Å². The van der Waals surface area contributed by atoms with Crippen molar-refractivity contribution in [3.05, 3.63) is 47.9 Å². The minimum Gasteiger partial charge on any atom is -0.370 e. The van der Waals surface area contributed by atoms with Crippen LogP contribution in [0.4, 0.5) is 11.5 Å². The SMILES string of the molecule is CN(c1ccccn1)C1CCN(c2ccncc2Cl)CC1. The number of nitrogens with zero attached hydrogens (tertiary/aromatic N) is 4. The summed E-state index contributed by atoms with van der Waals surface area (Å²) in [5, 5.41) is 0.731. The zero-order valence-electron chi connectivity index (χ0n) is 12.1. The topological polar surface area (TPSA) is 32.3 Å². The third-order valence-electron chi connectivity index (χ3n) is 4.11. The monoisotopic (exact) mass is 302 g/mol. The molecule has 0 aromatic carbocycles. The molecule has 2 aromatic rings. The van der Waals surface area contributed by atoms with E-state index < -0.39 is 0 Å². The second-order valence-corrected chi connectivity index (χ2v) is 5.75. The van der Waals surface area contributed by atoms with Gasteiger partial charge in [0.1, 0.15) is 5.82 Å². The van der Waals surface area contributed by atoms with E-state index in [2.05, 4.69) is 32.9 Å². The smallest absolute Gasteiger partial charge is 0.128 e. The van der Waals surface area contributed by atoms with Crippen LogP contribution in [0.25, 0.3) is 0 Å². The first-order chi connectivity index (χ1) is 10.3. The van der Waals surface area contributed by atoms with Gasteiger partial charge in [-0.1, -0.05) is 17.7 Å². The lowest BCUT2D eigenvalue weighted by Crippen LogP contribution is -2.43. The van der Waals surface area contributed by atoms with E-state index in [-0.39, 0.29) is 0 Å². The van der Waals surface area contributed by atoms with Gasteiger partial charge in [-0.25, -0.2) is 4.98 Å². The Morgan fingerprint density at radius 1 is 1.19 bits per heavy atom. The first-order valence-corrected chi connectivity index (χ1v) is 7.62. The highest BCUT2D eigenvalue weighted by molar-refractivity contribution is 6.33. The van der Waals surface area contributed by atoms with E-state index in [1.54, 1.807) is 12.4 Å². The van der Waals surface area contributed by atoms with Gasteiger partial charge >= 0.3 is 0 Å². The Bertz CT molecular complexity index is 582. The fourth-order valence-electron chi connectivity index (χ4n) is 2.87. The van der Waals surface area contributed by atoms with Crippen LogP contribution in [-0.4, -0.2) is 36.1 Å². The molecule has 1 fully saturated rings. The average Bonchev–Trinajstić information content (AvgIpc) is 2.56. The Hall–Kier alpha value is -1.81. The molecular weight excluding hydrogens is 284 g/mol. The molecule has 4 nitrogen and oxygen atoms in total. The molecular formula is C16H19ClN4. The lowest BCUT2D eigenvalue weighted by Gasteiger charge is -2.38. The number of halogens is 1. The van der Waals surface area contributed by atoms with Gasteiger partial charge in [-0.2, -0.15) is 0 Å². The third kappa shape index (κ3) is 3.10. The highest BCUT2D eigenvalue weighted by Crippen LogP contribution is 2.28. The maximum atomic E-state index is 6.23. The van der Waals surface area contributed by atoms with E-state index in [0.29, 0.717) is 6.04 Å². The van der Waals surface area contributed by atoms with Gasteiger partial charge in [0.15, 0.2) is 0 Å². The summed E-state index contributed by atoms with van der Waals surface area (Å²) in [5.41, 5.74) is 1.09. The summed E-state index contributed by atoms with van der Waals surface area (Å²) >= 11 is 6.23. The summed E-state index contributed by atoms with van der Waals surface area (Å²) in [5.74, 6) is 1.04. The van der Waals surface area contributed by atoms with E-state index in [9.17, 15) is 0 Å². The van der Waals surface area contributed by atoms with E-state index in [1.165, 1.54) is 0 Å². The predicted molar refractivity (Wildman–Crippen MR) is 87.1 cm³/mol. The molecule has 110 valence electrons. The zero-order valence-corrected chi connectivity index (χ0v) is 12.9. The molecule has 0 saturated carbocycles. The highest BCUT2D eigenvalue weighted by atomic mass is 35.5. The van der Waals surface area contributed by atoms with Gasteiger partial charge in [-0.05, 0) is 31.0 Å². The summed E-state index contributed by atoms with van der Waals surface area (Å²) < 4.78 is 0. The van der Waals surface area contributed by atoms with Gasteiger partial charge in [0.25, 0.3) is 0 Å². The largest absolute Gasteiger partial charge is 0.370 e. The Balaban J connectivity index is 1.64. The van der Waals surface area contributed by atoms with Crippen LogP contribution in [0, 0.1) is 0 Å². The molecule has 0 bridgehead atoms. The molecule has 3 heterocycles. The fraction of sp³-hybridized carbons (Fsp3) is 0.375. The van der Waals surface area contributed by atoms with Gasteiger partial charge in [-0.15, -0.1) is 0 Å². The molecule has 1 saturated heterocycles. The van der Waals surface area contributed by atoms with Crippen LogP contribution in [0.5, 0.6) is 0 Å². The molecule has 2 aromatic heterocycles. The Kier molecular flexibility index (Phi) is 4.25. The van der Waals surface area contributed by atoms with Crippen molar-refractivity contribution >= 4 is 23.1 Å². The fourth-order valence-corrected chi connectivity index (χ4v) is 3.11. The zero-order chi connectivity index (χ0) is 14.7. The summed E-state index contributed by atoms with van der Waals surface area (Å²) in [7, 11) is 2.13. The average molecular weight is 303 g/mol. The summed E-state index contributed by atoms with van der Waals surface area (Å²) in [4.78, 5) is 13.1. The van der Waals surface area contributed by atoms with Gasteiger partial charge in [0.2, 0.25) is 0 Å². The van der Waals surface area contributed by atoms with Crippen molar-refractivity contribution in [3.63, 3.8) is 0 Å². The number of hydrogen-bond acceptors (Lipinski definition) is 4. The van der Waals surface area contributed by atoms with Crippen molar-refractivity contribution in [1.82, 2.24) is 9.97 Å². The van der Waals surface area contributed by atoms with Crippen molar-refractivity contribution in [2.24, 2.45) is 0 Å². The van der Waals surface area contributed by atoms with Gasteiger partial charge in [0.05, 0.1) is 10.7 Å². The molecule has 5 heteroatoms.